The van der Waals surface area contributed by atoms with Crippen LogP contribution >= 0.6 is 0 Å². The predicted octanol–water partition coefficient (Wildman–Crippen LogP) is 5.67. The number of piperidine rings is 1. The lowest BCUT2D eigenvalue weighted by molar-refractivity contribution is -0.152. The first-order valence-corrected chi connectivity index (χ1v) is 12.7. The fourth-order valence-electron chi connectivity index (χ4n) is 4.56. The van der Waals surface area contributed by atoms with Crippen LogP contribution in [0.25, 0.3) is 0 Å². The van der Waals surface area contributed by atoms with E-state index in [1.165, 1.54) is 49.9 Å². The fourth-order valence-corrected chi connectivity index (χ4v) is 4.56. The molecule has 6 nitrogen and oxygen atoms in total. The summed E-state index contributed by atoms with van der Waals surface area (Å²) in [5, 5.41) is 12.6. The van der Waals surface area contributed by atoms with Crippen molar-refractivity contribution in [1.82, 2.24) is 5.32 Å². The monoisotopic (exact) mass is 480 g/mol. The molecular formula is C29H40N2O4. The average Bonchev–Trinajstić information content (AvgIpc) is 2.80. The first-order chi connectivity index (χ1) is 16.5. The number of nitrogens with zero attached hydrogens (tertiary/aromatic N) is 1. The molecule has 0 radical (unpaired) electrons. The molecule has 1 aliphatic rings. The molecule has 0 aliphatic carbocycles. The summed E-state index contributed by atoms with van der Waals surface area (Å²) >= 11 is 0. The summed E-state index contributed by atoms with van der Waals surface area (Å²) in [6.45, 7) is 11.6. The van der Waals surface area contributed by atoms with Crippen molar-refractivity contribution >= 4 is 17.6 Å². The Hall–Kier alpha value is -3.02. The quantitative estimate of drug-likeness (QED) is 0.458. The second-order valence-electron chi connectivity index (χ2n) is 10.6. The Bertz CT molecular complexity index is 1010. The summed E-state index contributed by atoms with van der Waals surface area (Å²) in [6, 6.07) is 13.6. The SMILES string of the molecule is Cc1ccc(N2CCCCC2)c(C(CC(C)C)NC(=O)Cc2ccc(OC(C)(C)C(=O)O)cc2)c1. The van der Waals surface area contributed by atoms with Crippen LogP contribution in [0.1, 0.15) is 76.1 Å². The van der Waals surface area contributed by atoms with Crippen LogP contribution < -0.4 is 15.0 Å². The Kier molecular flexibility index (Phi) is 8.82. The van der Waals surface area contributed by atoms with E-state index in [4.69, 9.17) is 4.74 Å². The number of aryl methyl sites for hydroxylation is 1. The maximum atomic E-state index is 13.1. The molecule has 1 unspecified atom stereocenters. The third-order valence-corrected chi connectivity index (χ3v) is 6.47. The normalized spacial score (nSPS) is 15.1. The lowest BCUT2D eigenvalue weighted by Gasteiger charge is -2.33. The molecule has 35 heavy (non-hydrogen) atoms. The molecule has 190 valence electrons. The van der Waals surface area contributed by atoms with Crippen molar-refractivity contribution in [3.05, 3.63) is 59.2 Å². The number of hydrogen-bond acceptors (Lipinski definition) is 4. The van der Waals surface area contributed by atoms with Crippen molar-refractivity contribution in [1.29, 1.82) is 0 Å². The van der Waals surface area contributed by atoms with Gasteiger partial charge < -0.3 is 20.1 Å². The van der Waals surface area contributed by atoms with Gasteiger partial charge in [0.25, 0.3) is 0 Å². The van der Waals surface area contributed by atoms with Gasteiger partial charge in [0.15, 0.2) is 5.60 Å². The number of carbonyl (C=O) groups excluding carboxylic acids is 1. The van der Waals surface area contributed by atoms with E-state index in [-0.39, 0.29) is 18.4 Å². The average molecular weight is 481 g/mol. The fraction of sp³-hybridized carbons (Fsp3) is 0.517. The summed E-state index contributed by atoms with van der Waals surface area (Å²) in [5.41, 5.74) is 3.18. The molecule has 0 aromatic heterocycles. The number of benzene rings is 2. The first-order valence-electron chi connectivity index (χ1n) is 12.7. The highest BCUT2D eigenvalue weighted by molar-refractivity contribution is 5.79. The van der Waals surface area contributed by atoms with E-state index in [9.17, 15) is 14.7 Å². The number of ether oxygens (including phenoxy) is 1. The molecular weight excluding hydrogens is 440 g/mol. The highest BCUT2D eigenvalue weighted by Gasteiger charge is 2.29. The van der Waals surface area contributed by atoms with Gasteiger partial charge in [-0.05, 0) is 81.7 Å². The van der Waals surface area contributed by atoms with E-state index in [0.717, 1.165) is 25.1 Å². The molecule has 2 aromatic carbocycles. The van der Waals surface area contributed by atoms with Gasteiger partial charge in [0.2, 0.25) is 5.91 Å². The summed E-state index contributed by atoms with van der Waals surface area (Å²) < 4.78 is 5.57. The molecule has 1 fully saturated rings. The Morgan fingerprint density at radius 3 is 2.31 bits per heavy atom. The summed E-state index contributed by atoms with van der Waals surface area (Å²) in [7, 11) is 0. The molecule has 2 aromatic rings. The van der Waals surface area contributed by atoms with E-state index in [1.54, 1.807) is 12.1 Å². The van der Waals surface area contributed by atoms with E-state index in [1.807, 2.05) is 12.1 Å². The highest BCUT2D eigenvalue weighted by Crippen LogP contribution is 2.33. The molecule has 1 heterocycles. The molecule has 2 N–H and O–H groups in total. The molecule has 1 atom stereocenters. The molecule has 0 saturated carbocycles. The van der Waals surface area contributed by atoms with Gasteiger partial charge in [-0.15, -0.1) is 0 Å². The number of rotatable bonds is 10. The maximum absolute atomic E-state index is 13.1. The van der Waals surface area contributed by atoms with Gasteiger partial charge in [0, 0.05) is 18.8 Å². The van der Waals surface area contributed by atoms with Crippen molar-refractivity contribution in [2.24, 2.45) is 5.92 Å². The number of aliphatic carboxylic acids is 1. The van der Waals surface area contributed by atoms with Crippen LogP contribution in [0, 0.1) is 12.8 Å². The van der Waals surface area contributed by atoms with E-state index in [2.05, 4.69) is 49.2 Å². The molecule has 0 bridgehead atoms. The van der Waals surface area contributed by atoms with Crippen molar-refractivity contribution < 1.29 is 19.4 Å². The minimum Gasteiger partial charge on any atom is -0.478 e. The number of amides is 1. The Morgan fingerprint density at radius 1 is 1.06 bits per heavy atom. The topological polar surface area (TPSA) is 78.9 Å². The van der Waals surface area contributed by atoms with Crippen LogP contribution in [0.15, 0.2) is 42.5 Å². The van der Waals surface area contributed by atoms with Crippen LogP contribution in [0.3, 0.4) is 0 Å². The second kappa shape index (κ2) is 11.6. The molecule has 0 spiro atoms. The Morgan fingerprint density at radius 2 is 1.71 bits per heavy atom. The summed E-state index contributed by atoms with van der Waals surface area (Å²) in [6.07, 6.45) is 4.81. The smallest absolute Gasteiger partial charge is 0.347 e. The number of nitrogens with one attached hydrogen (secondary N) is 1. The number of carbonyl (C=O) groups is 2. The number of anilines is 1. The zero-order valence-corrected chi connectivity index (χ0v) is 21.8. The van der Waals surface area contributed by atoms with Gasteiger partial charge in [-0.1, -0.05) is 43.7 Å². The molecule has 6 heteroatoms. The van der Waals surface area contributed by atoms with Gasteiger partial charge in [-0.3, -0.25) is 4.79 Å². The van der Waals surface area contributed by atoms with E-state index < -0.39 is 11.6 Å². The van der Waals surface area contributed by atoms with E-state index in [0.29, 0.717) is 11.7 Å². The van der Waals surface area contributed by atoms with Crippen molar-refractivity contribution in [2.45, 2.75) is 78.4 Å². The van der Waals surface area contributed by atoms with Gasteiger partial charge >= 0.3 is 5.97 Å². The molecule has 1 aliphatic heterocycles. The number of carboxylic acid groups (broad SMARTS) is 1. The van der Waals surface area contributed by atoms with Gasteiger partial charge in [0.05, 0.1) is 12.5 Å². The largest absolute Gasteiger partial charge is 0.478 e. The van der Waals surface area contributed by atoms with Crippen LogP contribution in [-0.4, -0.2) is 35.7 Å². The predicted molar refractivity (Wildman–Crippen MR) is 140 cm³/mol. The summed E-state index contributed by atoms with van der Waals surface area (Å²) in [5.74, 6) is -0.160. The minimum atomic E-state index is -1.32. The molecule has 3 rings (SSSR count). The maximum Gasteiger partial charge on any atom is 0.347 e. The van der Waals surface area contributed by atoms with Crippen LogP contribution in [0.4, 0.5) is 5.69 Å². The minimum absolute atomic E-state index is 0.0266. The van der Waals surface area contributed by atoms with Gasteiger partial charge in [-0.2, -0.15) is 0 Å². The Balaban J connectivity index is 1.74. The van der Waals surface area contributed by atoms with Gasteiger partial charge in [-0.25, -0.2) is 4.79 Å². The standard InChI is InChI=1S/C29H40N2O4/c1-20(2)17-25(24-18-21(3)9-14-26(24)31-15-7-6-8-16-31)30-27(32)19-22-10-12-23(13-11-22)35-29(4,5)28(33)34/h9-14,18,20,25H,6-8,15-17,19H2,1-5H3,(H,30,32)(H,33,34). The third kappa shape index (κ3) is 7.48. The van der Waals surface area contributed by atoms with Crippen molar-refractivity contribution in [3.8, 4) is 5.75 Å². The lowest BCUT2D eigenvalue weighted by atomic mass is 9.93. The number of hydrogen-bond donors (Lipinski definition) is 2. The highest BCUT2D eigenvalue weighted by atomic mass is 16.5. The number of carboxylic acids is 1. The van der Waals surface area contributed by atoms with Crippen molar-refractivity contribution in [3.63, 3.8) is 0 Å². The lowest BCUT2D eigenvalue weighted by Crippen LogP contribution is -2.37. The van der Waals surface area contributed by atoms with E-state index >= 15 is 0 Å². The zero-order chi connectivity index (χ0) is 25.6. The molecule has 1 amide bonds. The van der Waals surface area contributed by atoms with Gasteiger partial charge in [0.1, 0.15) is 5.75 Å². The molecule has 1 saturated heterocycles. The van der Waals surface area contributed by atoms with Crippen molar-refractivity contribution in [2.75, 3.05) is 18.0 Å². The second-order valence-corrected chi connectivity index (χ2v) is 10.6. The first kappa shape index (κ1) is 26.6. The van der Waals surface area contributed by atoms with Crippen LogP contribution in [-0.2, 0) is 16.0 Å². The third-order valence-electron chi connectivity index (χ3n) is 6.47. The van der Waals surface area contributed by atoms with Crippen LogP contribution in [0.2, 0.25) is 0 Å². The zero-order valence-electron chi connectivity index (χ0n) is 21.8. The summed E-state index contributed by atoms with van der Waals surface area (Å²) in [4.78, 5) is 26.9. The van der Waals surface area contributed by atoms with Crippen LogP contribution in [0.5, 0.6) is 5.75 Å². The Labute approximate surface area is 209 Å².